The van der Waals surface area contributed by atoms with Crippen molar-refractivity contribution >= 4 is 0 Å². The fourth-order valence-corrected chi connectivity index (χ4v) is 2.85. The highest BCUT2D eigenvalue weighted by Gasteiger charge is 2.21. The molecule has 1 aromatic carbocycles. The average molecular weight is 270 g/mol. The van der Waals surface area contributed by atoms with E-state index in [1.165, 1.54) is 22.5 Å². The molecule has 0 radical (unpaired) electrons. The molecule has 1 aromatic heterocycles. The SMILES string of the molecule is Cc1cc(CNCC2Cc3ccccc3O2)c(C)n1C. The zero-order valence-electron chi connectivity index (χ0n) is 12.4. The van der Waals surface area contributed by atoms with Gasteiger partial charge in [-0.25, -0.2) is 0 Å². The fraction of sp³-hybridized carbons (Fsp3) is 0.412. The molecule has 0 amide bonds. The Morgan fingerprint density at radius 3 is 2.80 bits per heavy atom. The van der Waals surface area contributed by atoms with Gasteiger partial charge in [-0.05, 0) is 37.1 Å². The summed E-state index contributed by atoms with van der Waals surface area (Å²) in [6, 6.07) is 10.6. The van der Waals surface area contributed by atoms with Crippen molar-refractivity contribution < 1.29 is 4.74 Å². The van der Waals surface area contributed by atoms with E-state index in [0.29, 0.717) is 0 Å². The number of benzene rings is 1. The number of aryl methyl sites for hydroxylation is 1. The monoisotopic (exact) mass is 270 g/mol. The molecule has 3 heteroatoms. The molecule has 1 atom stereocenters. The Morgan fingerprint density at radius 1 is 1.30 bits per heavy atom. The smallest absolute Gasteiger partial charge is 0.123 e. The van der Waals surface area contributed by atoms with Gasteiger partial charge in [0.25, 0.3) is 0 Å². The summed E-state index contributed by atoms with van der Waals surface area (Å²) in [4.78, 5) is 0. The zero-order valence-corrected chi connectivity index (χ0v) is 12.4. The van der Waals surface area contributed by atoms with Gasteiger partial charge < -0.3 is 14.6 Å². The quantitative estimate of drug-likeness (QED) is 0.924. The summed E-state index contributed by atoms with van der Waals surface area (Å²) in [6.07, 6.45) is 1.27. The van der Waals surface area contributed by atoms with E-state index < -0.39 is 0 Å². The van der Waals surface area contributed by atoms with Crippen LogP contribution in [0.3, 0.4) is 0 Å². The maximum Gasteiger partial charge on any atom is 0.123 e. The van der Waals surface area contributed by atoms with Crippen LogP contribution in [0.25, 0.3) is 0 Å². The number of aromatic nitrogens is 1. The Hall–Kier alpha value is -1.74. The molecule has 0 aliphatic carbocycles. The molecule has 0 spiro atoms. The molecule has 3 nitrogen and oxygen atoms in total. The van der Waals surface area contributed by atoms with Crippen molar-refractivity contribution in [2.45, 2.75) is 32.9 Å². The fourth-order valence-electron chi connectivity index (χ4n) is 2.85. The predicted octanol–water partition coefficient (Wildman–Crippen LogP) is 2.74. The minimum absolute atomic E-state index is 0.262. The first-order chi connectivity index (χ1) is 9.65. The lowest BCUT2D eigenvalue weighted by Crippen LogP contribution is -2.29. The van der Waals surface area contributed by atoms with E-state index >= 15 is 0 Å². The van der Waals surface area contributed by atoms with Crippen molar-refractivity contribution in [3.8, 4) is 5.75 Å². The first kappa shape index (κ1) is 13.3. The van der Waals surface area contributed by atoms with Gasteiger partial charge in [0.15, 0.2) is 0 Å². The van der Waals surface area contributed by atoms with Crippen LogP contribution in [0, 0.1) is 13.8 Å². The van der Waals surface area contributed by atoms with Gasteiger partial charge in [0.2, 0.25) is 0 Å². The van der Waals surface area contributed by atoms with E-state index in [1.807, 2.05) is 6.07 Å². The van der Waals surface area contributed by atoms with Gasteiger partial charge in [0.05, 0.1) is 0 Å². The minimum Gasteiger partial charge on any atom is -0.488 e. The molecule has 2 heterocycles. The van der Waals surface area contributed by atoms with Crippen molar-refractivity contribution in [3.05, 3.63) is 52.8 Å². The van der Waals surface area contributed by atoms with Crippen molar-refractivity contribution in [3.63, 3.8) is 0 Å². The second-order valence-electron chi connectivity index (χ2n) is 5.64. The number of para-hydroxylation sites is 1. The largest absolute Gasteiger partial charge is 0.488 e. The Labute approximate surface area is 120 Å². The van der Waals surface area contributed by atoms with Crippen LogP contribution in [-0.2, 0) is 20.0 Å². The van der Waals surface area contributed by atoms with Crippen molar-refractivity contribution in [1.82, 2.24) is 9.88 Å². The Balaban J connectivity index is 1.53. The third-order valence-electron chi connectivity index (χ3n) is 4.28. The molecule has 1 aliphatic heterocycles. The summed E-state index contributed by atoms with van der Waals surface area (Å²) in [6.45, 7) is 6.12. The van der Waals surface area contributed by atoms with E-state index in [2.05, 4.69) is 55.0 Å². The summed E-state index contributed by atoms with van der Waals surface area (Å²) in [5.74, 6) is 1.05. The van der Waals surface area contributed by atoms with E-state index in [0.717, 1.165) is 25.3 Å². The Morgan fingerprint density at radius 2 is 2.10 bits per heavy atom. The normalized spacial score (nSPS) is 17.1. The van der Waals surface area contributed by atoms with E-state index in [9.17, 15) is 0 Å². The second kappa shape index (κ2) is 5.33. The molecular formula is C17H22N2O. The highest BCUT2D eigenvalue weighted by molar-refractivity contribution is 5.37. The number of nitrogens with zero attached hydrogens (tertiary/aromatic N) is 1. The molecule has 0 bridgehead atoms. The van der Waals surface area contributed by atoms with E-state index in [1.54, 1.807) is 0 Å². The third-order valence-corrected chi connectivity index (χ3v) is 4.28. The summed E-state index contributed by atoms with van der Waals surface area (Å²) in [5, 5.41) is 3.52. The van der Waals surface area contributed by atoms with Crippen LogP contribution in [0.15, 0.2) is 30.3 Å². The second-order valence-corrected chi connectivity index (χ2v) is 5.64. The maximum atomic E-state index is 5.94. The van der Waals surface area contributed by atoms with Gasteiger partial charge in [-0.1, -0.05) is 18.2 Å². The van der Waals surface area contributed by atoms with Gasteiger partial charge >= 0.3 is 0 Å². The Bertz CT molecular complexity index is 590. The standard InChI is InChI=1S/C17H22N2O/c1-12-8-15(13(2)19(12)3)10-18-11-16-9-14-6-4-5-7-17(14)20-16/h4-8,16,18H,9-11H2,1-3H3. The molecule has 1 N–H and O–H groups in total. The highest BCUT2D eigenvalue weighted by atomic mass is 16.5. The van der Waals surface area contributed by atoms with Crippen LogP contribution in [-0.4, -0.2) is 17.2 Å². The lowest BCUT2D eigenvalue weighted by molar-refractivity contribution is 0.227. The van der Waals surface area contributed by atoms with Gasteiger partial charge in [-0.15, -0.1) is 0 Å². The number of nitrogens with one attached hydrogen (secondary N) is 1. The maximum absolute atomic E-state index is 5.94. The van der Waals surface area contributed by atoms with Gasteiger partial charge in [0.1, 0.15) is 11.9 Å². The molecular weight excluding hydrogens is 248 g/mol. The molecule has 3 rings (SSSR count). The molecule has 0 saturated carbocycles. The van der Waals surface area contributed by atoms with Gasteiger partial charge in [0, 0.05) is 37.9 Å². The summed E-state index contributed by atoms with van der Waals surface area (Å²) >= 11 is 0. The summed E-state index contributed by atoms with van der Waals surface area (Å²) in [5.41, 5.74) is 5.35. The van der Waals surface area contributed by atoms with Crippen LogP contribution in [0.5, 0.6) is 5.75 Å². The average Bonchev–Trinajstić information content (AvgIpc) is 2.96. The molecule has 106 valence electrons. The van der Waals surface area contributed by atoms with Crippen molar-refractivity contribution in [2.75, 3.05) is 6.54 Å². The van der Waals surface area contributed by atoms with Crippen LogP contribution in [0.2, 0.25) is 0 Å². The van der Waals surface area contributed by atoms with Crippen LogP contribution < -0.4 is 10.1 Å². The van der Waals surface area contributed by atoms with Gasteiger partial charge in [-0.3, -0.25) is 0 Å². The van der Waals surface area contributed by atoms with Crippen molar-refractivity contribution in [2.24, 2.45) is 7.05 Å². The summed E-state index contributed by atoms with van der Waals surface area (Å²) < 4.78 is 8.17. The molecule has 0 saturated heterocycles. The molecule has 20 heavy (non-hydrogen) atoms. The minimum atomic E-state index is 0.262. The van der Waals surface area contributed by atoms with Crippen LogP contribution >= 0.6 is 0 Å². The predicted molar refractivity (Wildman–Crippen MR) is 81.2 cm³/mol. The first-order valence-corrected chi connectivity index (χ1v) is 7.22. The topological polar surface area (TPSA) is 26.2 Å². The number of rotatable bonds is 4. The number of fused-ring (bicyclic) bond motifs is 1. The van der Waals surface area contributed by atoms with E-state index in [4.69, 9.17) is 4.74 Å². The highest BCUT2D eigenvalue weighted by Crippen LogP contribution is 2.27. The number of hydrogen-bond acceptors (Lipinski definition) is 2. The van der Waals surface area contributed by atoms with Crippen LogP contribution in [0.1, 0.15) is 22.5 Å². The lowest BCUT2D eigenvalue weighted by Gasteiger charge is -2.12. The lowest BCUT2D eigenvalue weighted by atomic mass is 10.1. The van der Waals surface area contributed by atoms with E-state index in [-0.39, 0.29) is 6.10 Å². The molecule has 1 unspecified atom stereocenters. The third kappa shape index (κ3) is 2.46. The Kier molecular flexibility index (Phi) is 3.53. The first-order valence-electron chi connectivity index (χ1n) is 7.22. The molecule has 0 fully saturated rings. The molecule has 1 aliphatic rings. The van der Waals surface area contributed by atoms with Crippen molar-refractivity contribution in [1.29, 1.82) is 0 Å². The summed E-state index contributed by atoms with van der Waals surface area (Å²) in [7, 11) is 2.12. The number of hydrogen-bond donors (Lipinski definition) is 1. The van der Waals surface area contributed by atoms with Crippen LogP contribution in [0.4, 0.5) is 0 Å². The zero-order chi connectivity index (χ0) is 14.1. The number of ether oxygens (including phenoxy) is 1. The van der Waals surface area contributed by atoms with Gasteiger partial charge in [-0.2, -0.15) is 0 Å². The molecule has 2 aromatic rings.